The number of hydrogen-bond acceptors (Lipinski definition) is 6. The summed E-state index contributed by atoms with van der Waals surface area (Å²) in [5, 5.41) is 0. The van der Waals surface area contributed by atoms with E-state index in [1.807, 2.05) is 46.8 Å². The summed E-state index contributed by atoms with van der Waals surface area (Å²) < 4.78 is 32.8. The van der Waals surface area contributed by atoms with Gasteiger partial charge in [-0.2, -0.15) is 0 Å². The fourth-order valence-corrected chi connectivity index (χ4v) is 5.76. The van der Waals surface area contributed by atoms with Gasteiger partial charge in [-0.3, -0.25) is 4.98 Å². The number of benzene rings is 1. The highest BCUT2D eigenvalue weighted by Gasteiger charge is 2.36. The number of halogens is 1. The van der Waals surface area contributed by atoms with E-state index in [0.717, 1.165) is 56.0 Å². The van der Waals surface area contributed by atoms with Crippen molar-refractivity contribution in [2.45, 2.75) is 66.1 Å². The molecule has 0 spiro atoms. The number of ether oxygens (including phenoxy) is 3. The van der Waals surface area contributed by atoms with Crippen LogP contribution in [0.25, 0.3) is 21.6 Å². The Morgan fingerprint density at radius 2 is 1.97 bits per heavy atom. The van der Waals surface area contributed by atoms with E-state index in [1.165, 1.54) is 6.07 Å². The molecule has 35 heavy (non-hydrogen) atoms. The molecule has 0 amide bonds. The smallest absolute Gasteiger partial charge is 0.340 e. The molecule has 0 bridgehead atoms. The zero-order valence-electron chi connectivity index (χ0n) is 21.2. The van der Waals surface area contributed by atoms with Gasteiger partial charge >= 0.3 is 5.97 Å². The highest BCUT2D eigenvalue weighted by Crippen LogP contribution is 2.49. The average Bonchev–Trinajstić information content (AvgIpc) is 3.16. The van der Waals surface area contributed by atoms with E-state index in [1.54, 1.807) is 30.7 Å². The largest absolute Gasteiger partial charge is 0.490 e. The van der Waals surface area contributed by atoms with Crippen molar-refractivity contribution in [2.24, 2.45) is 0 Å². The van der Waals surface area contributed by atoms with Crippen LogP contribution in [0.15, 0.2) is 30.6 Å². The molecule has 0 N–H and O–H groups in total. The van der Waals surface area contributed by atoms with Gasteiger partial charge in [0.1, 0.15) is 0 Å². The van der Waals surface area contributed by atoms with Gasteiger partial charge in [0.2, 0.25) is 0 Å². The molecule has 3 heterocycles. The minimum absolute atomic E-state index is 0.238. The molecule has 5 nitrogen and oxygen atoms in total. The first-order chi connectivity index (χ1) is 16.6. The van der Waals surface area contributed by atoms with Crippen LogP contribution < -0.4 is 4.74 Å². The van der Waals surface area contributed by atoms with Crippen molar-refractivity contribution >= 4 is 17.3 Å². The van der Waals surface area contributed by atoms with Crippen LogP contribution in [0.2, 0.25) is 0 Å². The van der Waals surface area contributed by atoms with Gasteiger partial charge in [0.15, 0.2) is 17.7 Å². The highest BCUT2D eigenvalue weighted by atomic mass is 32.1. The van der Waals surface area contributed by atoms with Crippen molar-refractivity contribution in [3.8, 4) is 27.3 Å². The predicted octanol–water partition coefficient (Wildman–Crippen LogP) is 6.98. The Morgan fingerprint density at radius 1 is 1.26 bits per heavy atom. The maximum atomic E-state index is 15.4. The third-order valence-corrected chi connectivity index (χ3v) is 7.18. The number of esters is 1. The number of aromatic nitrogens is 1. The molecule has 1 aromatic carbocycles. The van der Waals surface area contributed by atoms with Crippen LogP contribution in [-0.4, -0.2) is 29.8 Å². The van der Waals surface area contributed by atoms with Gasteiger partial charge in [-0.1, -0.05) is 0 Å². The zero-order valence-corrected chi connectivity index (χ0v) is 22.0. The number of pyridine rings is 1. The fourth-order valence-electron chi connectivity index (χ4n) is 4.56. The Balaban J connectivity index is 2.04. The summed E-state index contributed by atoms with van der Waals surface area (Å²) in [6.45, 7) is 12.2. The monoisotopic (exact) mass is 497 g/mol. The van der Waals surface area contributed by atoms with Crippen molar-refractivity contribution in [1.29, 1.82) is 0 Å². The summed E-state index contributed by atoms with van der Waals surface area (Å²) >= 11 is 1.56. The van der Waals surface area contributed by atoms with E-state index >= 15 is 4.39 Å². The second-order valence-electron chi connectivity index (χ2n) is 9.66. The van der Waals surface area contributed by atoms with Crippen LogP contribution in [0.3, 0.4) is 0 Å². The lowest BCUT2D eigenvalue weighted by atomic mass is 9.87. The number of hydrogen-bond donors (Lipinski definition) is 0. The van der Waals surface area contributed by atoms with Gasteiger partial charge in [-0.15, -0.1) is 11.3 Å². The number of rotatable bonds is 6. The maximum Gasteiger partial charge on any atom is 0.340 e. The number of fused-ring (bicyclic) bond motifs is 1. The maximum absolute atomic E-state index is 15.4. The molecular formula is C28H32FNO4S. The Hall–Kier alpha value is -2.77. The first-order valence-corrected chi connectivity index (χ1v) is 12.8. The number of carbonyl (C=O) groups excluding carboxylic acids is 1. The highest BCUT2D eigenvalue weighted by molar-refractivity contribution is 7.16. The zero-order chi connectivity index (χ0) is 25.3. The molecule has 7 heteroatoms. The van der Waals surface area contributed by atoms with Crippen molar-refractivity contribution in [3.63, 3.8) is 0 Å². The van der Waals surface area contributed by atoms with E-state index in [-0.39, 0.29) is 12.4 Å². The SMILES string of the molecule is CCOC(=O)C(OC(C)(C)C)c1c(C)sc(-c2ccncc2)c1-c1cc(F)c2c(c1C)CCCO2. The van der Waals surface area contributed by atoms with E-state index in [2.05, 4.69) is 4.98 Å². The summed E-state index contributed by atoms with van der Waals surface area (Å²) in [5.74, 6) is -0.505. The second-order valence-corrected chi connectivity index (χ2v) is 10.9. The van der Waals surface area contributed by atoms with E-state index < -0.39 is 17.7 Å². The molecule has 0 saturated carbocycles. The summed E-state index contributed by atoms with van der Waals surface area (Å²) in [4.78, 5) is 19.3. The predicted molar refractivity (Wildman–Crippen MR) is 136 cm³/mol. The first kappa shape index (κ1) is 25.3. The standard InChI is InChI=1S/C28H32FNO4S/c1-7-32-27(31)25(34-28(4,5)6)22-17(3)35-26(18-10-12-30-13-11-18)23(22)20-15-21(29)24-19(16(20)2)9-8-14-33-24/h10-13,15,25H,7-9,14H2,1-6H3. The minimum Gasteiger partial charge on any atom is -0.490 e. The normalized spacial score (nSPS) is 14.3. The average molecular weight is 498 g/mol. The Kier molecular flexibility index (Phi) is 7.29. The minimum atomic E-state index is -0.952. The quantitative estimate of drug-likeness (QED) is 0.344. The third-order valence-electron chi connectivity index (χ3n) is 6.01. The van der Waals surface area contributed by atoms with Crippen molar-refractivity contribution in [2.75, 3.05) is 13.2 Å². The molecular weight excluding hydrogens is 465 g/mol. The lowest BCUT2D eigenvalue weighted by Gasteiger charge is -2.28. The lowest BCUT2D eigenvalue weighted by Crippen LogP contribution is -2.29. The van der Waals surface area contributed by atoms with Crippen LogP contribution in [0, 0.1) is 19.7 Å². The molecule has 0 aliphatic carbocycles. The molecule has 3 aromatic rings. The number of thiophene rings is 1. The number of nitrogens with zero attached hydrogens (tertiary/aromatic N) is 1. The van der Waals surface area contributed by atoms with Gasteiger partial charge < -0.3 is 14.2 Å². The Bertz CT molecular complexity index is 1230. The van der Waals surface area contributed by atoms with Crippen LogP contribution in [0.4, 0.5) is 4.39 Å². The molecule has 1 unspecified atom stereocenters. The summed E-state index contributed by atoms with van der Waals surface area (Å²) in [6.07, 6.45) is 4.09. The van der Waals surface area contributed by atoms with Crippen molar-refractivity contribution < 1.29 is 23.4 Å². The van der Waals surface area contributed by atoms with Crippen LogP contribution >= 0.6 is 11.3 Å². The summed E-state index contributed by atoms with van der Waals surface area (Å²) in [5.41, 5.74) is 4.43. The molecule has 1 aliphatic rings. The molecule has 2 aromatic heterocycles. The molecule has 0 fully saturated rings. The van der Waals surface area contributed by atoms with Gasteiger partial charge in [0.05, 0.1) is 18.8 Å². The molecule has 4 rings (SSSR count). The van der Waals surface area contributed by atoms with E-state index in [0.29, 0.717) is 12.4 Å². The topological polar surface area (TPSA) is 57.7 Å². The van der Waals surface area contributed by atoms with Crippen molar-refractivity contribution in [3.05, 3.63) is 58.0 Å². The lowest BCUT2D eigenvalue weighted by molar-refractivity contribution is -0.166. The second kappa shape index (κ2) is 10.1. The van der Waals surface area contributed by atoms with Gasteiger partial charge in [-0.05, 0) is 89.3 Å². The van der Waals surface area contributed by atoms with Gasteiger partial charge in [0, 0.05) is 38.8 Å². The van der Waals surface area contributed by atoms with Crippen LogP contribution in [0.1, 0.15) is 61.8 Å². The number of carbonyl (C=O) groups is 1. The molecule has 186 valence electrons. The molecule has 1 aliphatic heterocycles. The summed E-state index contributed by atoms with van der Waals surface area (Å²) in [6, 6.07) is 5.39. The Morgan fingerprint density at radius 3 is 2.63 bits per heavy atom. The fraction of sp³-hybridized carbons (Fsp3) is 0.429. The molecule has 1 atom stereocenters. The van der Waals surface area contributed by atoms with Gasteiger partial charge in [0.25, 0.3) is 0 Å². The number of aryl methyl sites for hydroxylation is 1. The molecule has 0 radical (unpaired) electrons. The van der Waals surface area contributed by atoms with Crippen LogP contribution in [0.5, 0.6) is 5.75 Å². The molecule has 0 saturated heterocycles. The third kappa shape index (κ3) is 5.11. The Labute approximate surface area is 210 Å². The first-order valence-electron chi connectivity index (χ1n) is 12.0. The van der Waals surface area contributed by atoms with Crippen molar-refractivity contribution in [1.82, 2.24) is 4.98 Å². The van der Waals surface area contributed by atoms with Crippen LogP contribution in [-0.2, 0) is 20.7 Å². The summed E-state index contributed by atoms with van der Waals surface area (Å²) in [7, 11) is 0. The van der Waals surface area contributed by atoms with E-state index in [4.69, 9.17) is 14.2 Å². The van der Waals surface area contributed by atoms with Gasteiger partial charge in [-0.25, -0.2) is 9.18 Å². The van der Waals surface area contributed by atoms with E-state index in [9.17, 15) is 4.79 Å².